The second kappa shape index (κ2) is 5.66. The van der Waals surface area contributed by atoms with E-state index < -0.39 is 0 Å². The summed E-state index contributed by atoms with van der Waals surface area (Å²) in [5.74, 6) is 0. The Morgan fingerprint density at radius 3 is 2.65 bits per heavy atom. The Labute approximate surface area is 118 Å². The fourth-order valence-corrected chi connectivity index (χ4v) is 2.17. The van der Waals surface area contributed by atoms with E-state index in [1.165, 1.54) is 10.9 Å². The molecule has 2 aromatic heterocycles. The molecule has 2 nitrogen and oxygen atoms in total. The van der Waals surface area contributed by atoms with E-state index in [0.717, 1.165) is 23.2 Å². The van der Waals surface area contributed by atoms with Crippen LogP contribution in [0.1, 0.15) is 16.8 Å². The SMILES string of the molecule is Cc1ccc2ccc(CC=Cc3ccncc3)nc2c1. The molecule has 0 saturated heterocycles. The van der Waals surface area contributed by atoms with Gasteiger partial charge in [0.25, 0.3) is 0 Å². The Balaban J connectivity index is 1.79. The Hall–Kier alpha value is -2.48. The molecule has 20 heavy (non-hydrogen) atoms. The van der Waals surface area contributed by atoms with E-state index in [2.05, 4.69) is 54.4 Å². The zero-order valence-electron chi connectivity index (χ0n) is 11.5. The van der Waals surface area contributed by atoms with Gasteiger partial charge in [-0.2, -0.15) is 0 Å². The van der Waals surface area contributed by atoms with Crippen molar-refractivity contribution in [3.8, 4) is 0 Å². The molecule has 0 bridgehead atoms. The molecule has 3 aromatic rings. The van der Waals surface area contributed by atoms with Crippen LogP contribution in [0.15, 0.2) is 60.9 Å². The first-order valence-electron chi connectivity index (χ1n) is 6.74. The Morgan fingerprint density at radius 2 is 1.80 bits per heavy atom. The standard InChI is InChI=1S/C18H16N2/c1-14-5-6-16-7-8-17(20-18(16)13-14)4-2-3-15-9-11-19-12-10-15/h2-3,5-13H,4H2,1H3. The third-order valence-electron chi connectivity index (χ3n) is 3.25. The van der Waals surface area contributed by atoms with E-state index in [9.17, 15) is 0 Å². The van der Waals surface area contributed by atoms with E-state index in [1.54, 1.807) is 12.4 Å². The Kier molecular flexibility index (Phi) is 3.55. The van der Waals surface area contributed by atoms with E-state index in [-0.39, 0.29) is 0 Å². The smallest absolute Gasteiger partial charge is 0.0708 e. The van der Waals surface area contributed by atoms with Crippen molar-refractivity contribution in [3.63, 3.8) is 0 Å². The van der Waals surface area contributed by atoms with Gasteiger partial charge in [0, 0.05) is 29.9 Å². The molecule has 0 aliphatic rings. The number of aromatic nitrogens is 2. The first-order valence-corrected chi connectivity index (χ1v) is 6.74. The molecule has 0 saturated carbocycles. The minimum absolute atomic E-state index is 0.839. The molecular formula is C18H16N2. The van der Waals surface area contributed by atoms with Gasteiger partial charge in [-0.25, -0.2) is 0 Å². The molecule has 0 amide bonds. The van der Waals surface area contributed by atoms with Gasteiger partial charge in [0.05, 0.1) is 5.52 Å². The highest BCUT2D eigenvalue weighted by atomic mass is 14.7. The van der Waals surface area contributed by atoms with Crippen LogP contribution in [0.5, 0.6) is 0 Å². The van der Waals surface area contributed by atoms with Crippen molar-refractivity contribution in [2.45, 2.75) is 13.3 Å². The largest absolute Gasteiger partial charge is 0.265 e. The minimum atomic E-state index is 0.839. The van der Waals surface area contributed by atoms with Gasteiger partial charge in [0.1, 0.15) is 0 Å². The lowest BCUT2D eigenvalue weighted by Gasteiger charge is -2.01. The second-order valence-electron chi connectivity index (χ2n) is 4.89. The summed E-state index contributed by atoms with van der Waals surface area (Å²) in [7, 11) is 0. The van der Waals surface area contributed by atoms with Crippen LogP contribution in [-0.2, 0) is 6.42 Å². The summed E-state index contributed by atoms with van der Waals surface area (Å²) in [5.41, 5.74) is 4.57. The molecule has 0 fully saturated rings. The summed E-state index contributed by atoms with van der Waals surface area (Å²) in [4.78, 5) is 8.71. The van der Waals surface area contributed by atoms with E-state index >= 15 is 0 Å². The number of hydrogen-bond donors (Lipinski definition) is 0. The van der Waals surface area contributed by atoms with Crippen molar-refractivity contribution in [2.24, 2.45) is 0 Å². The zero-order valence-corrected chi connectivity index (χ0v) is 11.5. The molecule has 0 unspecified atom stereocenters. The lowest BCUT2D eigenvalue weighted by atomic mass is 10.1. The van der Waals surface area contributed by atoms with Crippen LogP contribution in [0.2, 0.25) is 0 Å². The molecule has 2 heterocycles. The van der Waals surface area contributed by atoms with Gasteiger partial charge in [0.2, 0.25) is 0 Å². The first kappa shape index (κ1) is 12.5. The maximum Gasteiger partial charge on any atom is 0.0708 e. The molecular weight excluding hydrogens is 244 g/mol. The fraction of sp³-hybridized carbons (Fsp3) is 0.111. The van der Waals surface area contributed by atoms with Crippen molar-refractivity contribution < 1.29 is 0 Å². The molecule has 0 aliphatic heterocycles. The van der Waals surface area contributed by atoms with E-state index in [0.29, 0.717) is 0 Å². The maximum absolute atomic E-state index is 4.70. The summed E-state index contributed by atoms with van der Waals surface area (Å²) in [6.45, 7) is 2.09. The van der Waals surface area contributed by atoms with Gasteiger partial charge < -0.3 is 0 Å². The van der Waals surface area contributed by atoms with Crippen molar-refractivity contribution in [1.82, 2.24) is 9.97 Å². The van der Waals surface area contributed by atoms with Gasteiger partial charge >= 0.3 is 0 Å². The third-order valence-corrected chi connectivity index (χ3v) is 3.25. The highest BCUT2D eigenvalue weighted by molar-refractivity contribution is 5.79. The van der Waals surface area contributed by atoms with Crippen molar-refractivity contribution >= 4 is 17.0 Å². The lowest BCUT2D eigenvalue weighted by Crippen LogP contribution is -1.89. The van der Waals surface area contributed by atoms with Crippen LogP contribution >= 0.6 is 0 Å². The maximum atomic E-state index is 4.70. The molecule has 3 rings (SSSR count). The average Bonchev–Trinajstić information content (AvgIpc) is 2.48. The third kappa shape index (κ3) is 2.91. The average molecular weight is 260 g/mol. The summed E-state index contributed by atoms with van der Waals surface area (Å²) >= 11 is 0. The number of nitrogens with zero attached hydrogens (tertiary/aromatic N) is 2. The van der Waals surface area contributed by atoms with Gasteiger partial charge in [-0.15, -0.1) is 0 Å². The predicted molar refractivity (Wildman–Crippen MR) is 83.5 cm³/mol. The molecule has 0 N–H and O–H groups in total. The molecule has 0 atom stereocenters. The zero-order chi connectivity index (χ0) is 13.8. The highest BCUT2D eigenvalue weighted by Crippen LogP contribution is 2.15. The number of aryl methyl sites for hydroxylation is 1. The van der Waals surface area contributed by atoms with Crippen LogP contribution in [0.25, 0.3) is 17.0 Å². The molecule has 2 heteroatoms. The van der Waals surface area contributed by atoms with Crippen LogP contribution in [0, 0.1) is 6.92 Å². The lowest BCUT2D eigenvalue weighted by molar-refractivity contribution is 1.15. The number of rotatable bonds is 3. The Morgan fingerprint density at radius 1 is 1.00 bits per heavy atom. The molecule has 98 valence electrons. The van der Waals surface area contributed by atoms with Gasteiger partial charge in [-0.3, -0.25) is 9.97 Å². The summed E-state index contributed by atoms with van der Waals surface area (Å²) in [6.07, 6.45) is 8.68. The van der Waals surface area contributed by atoms with E-state index in [4.69, 9.17) is 4.98 Å². The molecule has 0 radical (unpaired) electrons. The number of benzene rings is 1. The normalized spacial score (nSPS) is 11.2. The summed E-state index contributed by atoms with van der Waals surface area (Å²) in [6, 6.07) is 14.6. The first-order chi connectivity index (χ1) is 9.81. The monoisotopic (exact) mass is 260 g/mol. The second-order valence-corrected chi connectivity index (χ2v) is 4.89. The number of hydrogen-bond acceptors (Lipinski definition) is 2. The van der Waals surface area contributed by atoms with Gasteiger partial charge in [-0.1, -0.05) is 30.4 Å². The number of pyridine rings is 2. The van der Waals surface area contributed by atoms with Crippen molar-refractivity contribution in [1.29, 1.82) is 0 Å². The van der Waals surface area contributed by atoms with Crippen molar-refractivity contribution in [2.75, 3.05) is 0 Å². The summed E-state index contributed by atoms with van der Waals surface area (Å²) < 4.78 is 0. The number of fused-ring (bicyclic) bond motifs is 1. The topological polar surface area (TPSA) is 25.8 Å². The summed E-state index contributed by atoms with van der Waals surface area (Å²) in [5, 5.41) is 1.19. The van der Waals surface area contributed by atoms with E-state index in [1.807, 2.05) is 12.1 Å². The van der Waals surface area contributed by atoms with Crippen LogP contribution in [0.4, 0.5) is 0 Å². The Bertz CT molecular complexity index is 746. The highest BCUT2D eigenvalue weighted by Gasteiger charge is 1.97. The van der Waals surface area contributed by atoms with Crippen LogP contribution < -0.4 is 0 Å². The molecule has 0 spiro atoms. The quantitative estimate of drug-likeness (QED) is 0.705. The van der Waals surface area contributed by atoms with Gasteiger partial charge in [-0.05, 0) is 42.3 Å². The minimum Gasteiger partial charge on any atom is -0.265 e. The van der Waals surface area contributed by atoms with Crippen LogP contribution in [0.3, 0.4) is 0 Å². The molecule has 1 aromatic carbocycles. The fourth-order valence-electron chi connectivity index (χ4n) is 2.17. The predicted octanol–water partition coefficient (Wildman–Crippen LogP) is 4.19. The number of allylic oxidation sites excluding steroid dienone is 1. The van der Waals surface area contributed by atoms with Crippen LogP contribution in [-0.4, -0.2) is 9.97 Å². The molecule has 0 aliphatic carbocycles. The van der Waals surface area contributed by atoms with Crippen molar-refractivity contribution in [3.05, 3.63) is 77.8 Å². The van der Waals surface area contributed by atoms with Gasteiger partial charge in [0.15, 0.2) is 0 Å².